The lowest BCUT2D eigenvalue weighted by Gasteiger charge is -2.27. The van der Waals surface area contributed by atoms with E-state index in [1.54, 1.807) is 6.08 Å². The molecule has 0 radical (unpaired) electrons. The molecule has 0 atom stereocenters. The van der Waals surface area contributed by atoms with E-state index >= 15 is 0 Å². The van der Waals surface area contributed by atoms with E-state index in [0.29, 0.717) is 6.54 Å². The number of hydrogen-bond acceptors (Lipinski definition) is 2. The van der Waals surface area contributed by atoms with Gasteiger partial charge in [-0.1, -0.05) is 22.0 Å². The second kappa shape index (κ2) is 8.13. The minimum absolute atomic E-state index is 0.00731. The molecule has 1 aliphatic carbocycles. The fraction of sp³-hybridized carbons (Fsp3) is 0.412. The van der Waals surface area contributed by atoms with Crippen molar-refractivity contribution >= 4 is 33.4 Å². The van der Waals surface area contributed by atoms with E-state index < -0.39 is 0 Å². The molecule has 1 aliphatic rings. The number of amides is 2. The Kier molecular flexibility index (Phi) is 6.19. The monoisotopic (exact) mass is 364 g/mol. The number of benzene rings is 1. The molecule has 0 aliphatic heterocycles. The van der Waals surface area contributed by atoms with E-state index in [1.165, 1.54) is 0 Å². The molecule has 2 amide bonds. The maximum absolute atomic E-state index is 12.3. The lowest BCUT2D eigenvalue weighted by Crippen LogP contribution is -2.35. The molecule has 0 aromatic heterocycles. The van der Waals surface area contributed by atoms with Crippen LogP contribution in [0.1, 0.15) is 25.7 Å². The van der Waals surface area contributed by atoms with Crippen molar-refractivity contribution in [1.29, 1.82) is 0 Å². The van der Waals surface area contributed by atoms with Crippen LogP contribution in [0, 0.1) is 11.8 Å². The van der Waals surface area contributed by atoms with E-state index in [1.807, 2.05) is 24.3 Å². The molecule has 1 aromatic rings. The average molecular weight is 365 g/mol. The normalized spacial score (nSPS) is 21.0. The number of carbonyl (C=O) groups excluding carboxylic acids is 2. The first-order valence-electron chi connectivity index (χ1n) is 7.55. The highest BCUT2D eigenvalue weighted by Gasteiger charge is 2.29. The molecule has 0 spiro atoms. The maximum atomic E-state index is 12.3. The number of halogens is 1. The van der Waals surface area contributed by atoms with Crippen LogP contribution >= 0.6 is 15.9 Å². The minimum atomic E-state index is -0.00731. The largest absolute Gasteiger partial charge is 0.352 e. The van der Waals surface area contributed by atoms with E-state index in [0.717, 1.165) is 35.8 Å². The van der Waals surface area contributed by atoms with Gasteiger partial charge in [0.2, 0.25) is 11.8 Å². The van der Waals surface area contributed by atoms with Crippen LogP contribution in [-0.4, -0.2) is 18.4 Å². The molecule has 22 heavy (non-hydrogen) atoms. The Bertz CT molecular complexity index is 534. The predicted molar refractivity (Wildman–Crippen MR) is 91.4 cm³/mol. The molecule has 5 heteroatoms. The van der Waals surface area contributed by atoms with Crippen molar-refractivity contribution in [1.82, 2.24) is 5.32 Å². The summed E-state index contributed by atoms with van der Waals surface area (Å²) >= 11 is 3.37. The Morgan fingerprint density at radius 3 is 2.18 bits per heavy atom. The van der Waals surface area contributed by atoms with Crippen LogP contribution in [0.25, 0.3) is 0 Å². The Morgan fingerprint density at radius 2 is 1.64 bits per heavy atom. The van der Waals surface area contributed by atoms with Crippen LogP contribution in [0.2, 0.25) is 0 Å². The predicted octanol–water partition coefficient (Wildman–Crippen LogP) is 3.50. The smallest absolute Gasteiger partial charge is 0.227 e. The van der Waals surface area contributed by atoms with E-state index in [2.05, 4.69) is 33.1 Å². The minimum Gasteiger partial charge on any atom is -0.352 e. The van der Waals surface area contributed by atoms with Crippen LogP contribution in [0.4, 0.5) is 5.69 Å². The molecule has 2 N–H and O–H groups in total. The standard InChI is InChI=1S/C17H21BrN2O2/c1-2-11-19-16(21)12-3-5-13(6-4-12)17(22)20-15-9-7-14(18)8-10-15/h2,7-10,12-13H,1,3-6,11H2,(H,19,21)(H,20,22). The highest BCUT2D eigenvalue weighted by atomic mass is 79.9. The SMILES string of the molecule is C=CCNC(=O)C1CCC(C(=O)Nc2ccc(Br)cc2)CC1. The molecule has 1 aromatic carbocycles. The number of anilines is 1. The summed E-state index contributed by atoms with van der Waals surface area (Å²) < 4.78 is 0.983. The summed E-state index contributed by atoms with van der Waals surface area (Å²) in [6.07, 6.45) is 4.72. The fourth-order valence-electron chi connectivity index (χ4n) is 2.71. The first kappa shape index (κ1) is 16.7. The van der Waals surface area contributed by atoms with Crippen LogP contribution in [0.3, 0.4) is 0 Å². The molecule has 1 fully saturated rings. The van der Waals surface area contributed by atoms with Gasteiger partial charge in [0.05, 0.1) is 0 Å². The molecule has 2 rings (SSSR count). The van der Waals surface area contributed by atoms with Crippen molar-refractivity contribution in [2.75, 3.05) is 11.9 Å². The van der Waals surface area contributed by atoms with Crippen LogP contribution in [0.5, 0.6) is 0 Å². The van der Waals surface area contributed by atoms with Gasteiger partial charge in [0.15, 0.2) is 0 Å². The lowest BCUT2D eigenvalue weighted by molar-refractivity contribution is -0.128. The van der Waals surface area contributed by atoms with Crippen LogP contribution < -0.4 is 10.6 Å². The van der Waals surface area contributed by atoms with E-state index in [-0.39, 0.29) is 23.7 Å². The van der Waals surface area contributed by atoms with E-state index in [9.17, 15) is 9.59 Å². The molecule has 0 heterocycles. The molecule has 0 unspecified atom stereocenters. The van der Waals surface area contributed by atoms with Crippen molar-refractivity contribution in [3.05, 3.63) is 41.4 Å². The Hall–Kier alpha value is -1.62. The van der Waals surface area contributed by atoms with Gasteiger partial charge < -0.3 is 10.6 Å². The molecule has 0 bridgehead atoms. The first-order chi connectivity index (χ1) is 10.6. The first-order valence-corrected chi connectivity index (χ1v) is 8.34. The molecule has 1 saturated carbocycles. The van der Waals surface area contributed by atoms with Crippen molar-refractivity contribution < 1.29 is 9.59 Å². The molecular weight excluding hydrogens is 344 g/mol. The number of rotatable bonds is 5. The molecule has 118 valence electrons. The maximum Gasteiger partial charge on any atom is 0.227 e. The zero-order valence-electron chi connectivity index (χ0n) is 12.5. The fourth-order valence-corrected chi connectivity index (χ4v) is 2.98. The number of nitrogens with one attached hydrogen (secondary N) is 2. The van der Waals surface area contributed by atoms with Gasteiger partial charge in [-0.3, -0.25) is 9.59 Å². The third-order valence-corrected chi connectivity index (χ3v) is 4.53. The number of hydrogen-bond donors (Lipinski definition) is 2. The summed E-state index contributed by atoms with van der Waals surface area (Å²) in [5, 5.41) is 5.77. The van der Waals surface area contributed by atoms with Crippen molar-refractivity contribution in [3.63, 3.8) is 0 Å². The summed E-state index contributed by atoms with van der Waals surface area (Å²) in [6.45, 7) is 4.09. The van der Waals surface area contributed by atoms with Gasteiger partial charge in [0.25, 0.3) is 0 Å². The lowest BCUT2D eigenvalue weighted by atomic mass is 9.81. The second-order valence-corrected chi connectivity index (χ2v) is 6.49. The second-order valence-electron chi connectivity index (χ2n) is 5.58. The van der Waals surface area contributed by atoms with E-state index in [4.69, 9.17) is 0 Å². The number of carbonyl (C=O) groups is 2. The zero-order chi connectivity index (χ0) is 15.9. The van der Waals surface area contributed by atoms with Crippen LogP contribution in [-0.2, 0) is 9.59 Å². The quantitative estimate of drug-likeness (QED) is 0.785. The average Bonchev–Trinajstić information content (AvgIpc) is 2.55. The topological polar surface area (TPSA) is 58.2 Å². The van der Waals surface area contributed by atoms with Gasteiger partial charge in [-0.2, -0.15) is 0 Å². The summed E-state index contributed by atoms with van der Waals surface area (Å²) in [4.78, 5) is 24.2. The molecule has 4 nitrogen and oxygen atoms in total. The van der Waals surface area contributed by atoms with Gasteiger partial charge >= 0.3 is 0 Å². The summed E-state index contributed by atoms with van der Waals surface area (Å²) in [7, 11) is 0. The van der Waals surface area contributed by atoms with Crippen molar-refractivity contribution in [2.24, 2.45) is 11.8 Å². The zero-order valence-corrected chi connectivity index (χ0v) is 14.1. The third-order valence-electron chi connectivity index (χ3n) is 4.00. The van der Waals surface area contributed by atoms with Gasteiger partial charge in [-0.15, -0.1) is 6.58 Å². The van der Waals surface area contributed by atoms with Crippen LogP contribution in [0.15, 0.2) is 41.4 Å². The summed E-state index contributed by atoms with van der Waals surface area (Å²) in [5.74, 6) is 0.141. The van der Waals surface area contributed by atoms with Crippen molar-refractivity contribution in [2.45, 2.75) is 25.7 Å². The highest BCUT2D eigenvalue weighted by molar-refractivity contribution is 9.10. The Labute approximate surface area is 139 Å². The molecular formula is C17H21BrN2O2. The highest BCUT2D eigenvalue weighted by Crippen LogP contribution is 2.30. The van der Waals surface area contributed by atoms with Gasteiger partial charge in [0.1, 0.15) is 0 Å². The van der Waals surface area contributed by atoms with Gasteiger partial charge in [-0.25, -0.2) is 0 Å². The van der Waals surface area contributed by atoms with Gasteiger partial charge in [-0.05, 0) is 49.9 Å². The van der Waals surface area contributed by atoms with Gasteiger partial charge in [0, 0.05) is 28.5 Å². The molecule has 0 saturated heterocycles. The summed E-state index contributed by atoms with van der Waals surface area (Å²) in [5.41, 5.74) is 0.805. The third kappa shape index (κ3) is 4.70. The Balaban J connectivity index is 1.80. The Morgan fingerprint density at radius 1 is 1.09 bits per heavy atom. The van der Waals surface area contributed by atoms with Crippen molar-refractivity contribution in [3.8, 4) is 0 Å². The summed E-state index contributed by atoms with van der Waals surface area (Å²) in [6, 6.07) is 7.54.